The molecule has 0 saturated heterocycles. The number of rotatable bonds is 1. The highest BCUT2D eigenvalue weighted by molar-refractivity contribution is 5.75. The van der Waals surface area contributed by atoms with Crippen LogP contribution in [0.25, 0.3) is 16.7 Å². The molecule has 3 nitrogen and oxygen atoms in total. The first-order chi connectivity index (χ1) is 8.24. The van der Waals surface area contributed by atoms with E-state index in [-0.39, 0.29) is 0 Å². The highest BCUT2D eigenvalue weighted by Crippen LogP contribution is 2.18. The van der Waals surface area contributed by atoms with E-state index < -0.39 is 11.6 Å². The number of hydrogen-bond acceptors (Lipinski definition) is 2. The third kappa shape index (κ3) is 1.65. The molecule has 0 bridgehead atoms. The standard InChI is InChI=1S/C12H7F2N3/c13-8-3-9(14)5-10(4-8)17-7-16-11-6-15-2-1-12(11)17/h1-7H. The normalized spacial score (nSPS) is 10.9. The SMILES string of the molecule is Fc1cc(F)cc(-n2cnc3cnccc32)c1. The monoisotopic (exact) mass is 231 g/mol. The Morgan fingerprint density at radius 3 is 2.59 bits per heavy atom. The molecule has 2 aromatic heterocycles. The number of halogens is 2. The van der Waals surface area contributed by atoms with Gasteiger partial charge in [-0.25, -0.2) is 13.8 Å². The van der Waals surface area contributed by atoms with Crippen molar-refractivity contribution in [1.29, 1.82) is 0 Å². The first-order valence-electron chi connectivity index (χ1n) is 4.97. The van der Waals surface area contributed by atoms with Crippen LogP contribution in [0.1, 0.15) is 0 Å². The van der Waals surface area contributed by atoms with E-state index in [0.29, 0.717) is 11.2 Å². The van der Waals surface area contributed by atoms with Crippen LogP contribution >= 0.6 is 0 Å². The van der Waals surface area contributed by atoms with E-state index in [2.05, 4.69) is 9.97 Å². The predicted octanol–water partition coefficient (Wildman–Crippen LogP) is 2.70. The van der Waals surface area contributed by atoms with Gasteiger partial charge in [-0.1, -0.05) is 0 Å². The summed E-state index contributed by atoms with van der Waals surface area (Å²) >= 11 is 0. The minimum atomic E-state index is -0.615. The summed E-state index contributed by atoms with van der Waals surface area (Å²) in [4.78, 5) is 8.04. The Morgan fingerprint density at radius 1 is 1.06 bits per heavy atom. The van der Waals surface area contributed by atoms with Crippen LogP contribution in [0.15, 0.2) is 43.0 Å². The summed E-state index contributed by atoms with van der Waals surface area (Å²) in [5.74, 6) is -1.23. The van der Waals surface area contributed by atoms with Crippen LogP contribution in [-0.4, -0.2) is 14.5 Å². The molecule has 0 amide bonds. The van der Waals surface area contributed by atoms with Crippen molar-refractivity contribution < 1.29 is 8.78 Å². The minimum Gasteiger partial charge on any atom is -0.299 e. The average molecular weight is 231 g/mol. The molecule has 0 radical (unpaired) electrons. The lowest BCUT2D eigenvalue weighted by Crippen LogP contribution is -1.94. The second kappa shape index (κ2) is 3.62. The topological polar surface area (TPSA) is 30.7 Å². The van der Waals surface area contributed by atoms with Crippen LogP contribution in [0.4, 0.5) is 8.78 Å². The average Bonchev–Trinajstić information content (AvgIpc) is 2.71. The molecule has 0 N–H and O–H groups in total. The van der Waals surface area contributed by atoms with Gasteiger partial charge in [0, 0.05) is 12.3 Å². The van der Waals surface area contributed by atoms with Crippen molar-refractivity contribution >= 4 is 11.0 Å². The van der Waals surface area contributed by atoms with Crippen LogP contribution in [0.5, 0.6) is 0 Å². The molecule has 0 aliphatic carbocycles. The Balaban J connectivity index is 2.27. The summed E-state index contributed by atoms with van der Waals surface area (Å²) in [6.45, 7) is 0. The first kappa shape index (κ1) is 9.89. The zero-order valence-electron chi connectivity index (χ0n) is 8.64. The van der Waals surface area contributed by atoms with Crippen molar-refractivity contribution in [2.75, 3.05) is 0 Å². The van der Waals surface area contributed by atoms with E-state index in [9.17, 15) is 8.78 Å². The van der Waals surface area contributed by atoms with E-state index in [1.165, 1.54) is 18.5 Å². The summed E-state index contributed by atoms with van der Waals surface area (Å²) in [6, 6.07) is 5.09. The maximum absolute atomic E-state index is 13.1. The number of fused-ring (bicyclic) bond motifs is 1. The number of aromatic nitrogens is 3. The molecule has 0 aliphatic heterocycles. The number of benzene rings is 1. The molecule has 0 atom stereocenters. The van der Waals surface area contributed by atoms with E-state index in [1.807, 2.05) is 0 Å². The quantitative estimate of drug-likeness (QED) is 0.644. The van der Waals surface area contributed by atoms with E-state index in [0.717, 1.165) is 11.6 Å². The van der Waals surface area contributed by atoms with Crippen LogP contribution < -0.4 is 0 Å². The molecule has 84 valence electrons. The zero-order valence-corrected chi connectivity index (χ0v) is 8.64. The van der Waals surface area contributed by atoms with Gasteiger partial charge in [-0.3, -0.25) is 9.55 Å². The van der Waals surface area contributed by atoms with E-state index >= 15 is 0 Å². The van der Waals surface area contributed by atoms with Gasteiger partial charge in [-0.15, -0.1) is 0 Å². The molecule has 0 saturated carbocycles. The van der Waals surface area contributed by atoms with Gasteiger partial charge >= 0.3 is 0 Å². The van der Waals surface area contributed by atoms with Crippen molar-refractivity contribution in [2.45, 2.75) is 0 Å². The zero-order chi connectivity index (χ0) is 11.8. The van der Waals surface area contributed by atoms with Crippen LogP contribution in [0.2, 0.25) is 0 Å². The minimum absolute atomic E-state index is 0.399. The fourth-order valence-corrected chi connectivity index (χ4v) is 1.75. The second-order valence-corrected chi connectivity index (χ2v) is 3.61. The summed E-state index contributed by atoms with van der Waals surface area (Å²) in [6.07, 6.45) is 4.72. The molecule has 1 aromatic carbocycles. The third-order valence-corrected chi connectivity index (χ3v) is 2.48. The van der Waals surface area contributed by atoms with Crippen molar-refractivity contribution in [3.05, 3.63) is 54.6 Å². The van der Waals surface area contributed by atoms with Crippen molar-refractivity contribution in [2.24, 2.45) is 0 Å². The Morgan fingerprint density at radius 2 is 1.82 bits per heavy atom. The van der Waals surface area contributed by atoms with Gasteiger partial charge in [-0.05, 0) is 18.2 Å². The molecule has 17 heavy (non-hydrogen) atoms. The molecule has 0 fully saturated rings. The summed E-state index contributed by atoms with van der Waals surface area (Å²) in [5.41, 5.74) is 1.83. The van der Waals surface area contributed by atoms with Gasteiger partial charge in [0.05, 0.1) is 17.4 Å². The molecular formula is C12H7F2N3. The van der Waals surface area contributed by atoms with Crippen LogP contribution in [0, 0.1) is 11.6 Å². The summed E-state index contributed by atoms with van der Waals surface area (Å²) in [5, 5.41) is 0. The molecule has 2 heterocycles. The first-order valence-corrected chi connectivity index (χ1v) is 4.97. The van der Waals surface area contributed by atoms with Gasteiger partial charge in [0.1, 0.15) is 23.5 Å². The maximum atomic E-state index is 13.1. The van der Waals surface area contributed by atoms with Crippen molar-refractivity contribution in [3.8, 4) is 5.69 Å². The highest BCUT2D eigenvalue weighted by atomic mass is 19.1. The number of nitrogens with zero attached hydrogens (tertiary/aromatic N) is 3. The fraction of sp³-hybridized carbons (Fsp3) is 0. The Labute approximate surface area is 95.4 Å². The lowest BCUT2D eigenvalue weighted by Gasteiger charge is -2.04. The molecule has 3 aromatic rings. The van der Waals surface area contributed by atoms with Crippen LogP contribution in [0.3, 0.4) is 0 Å². The summed E-state index contributed by atoms with van der Waals surface area (Å²) < 4.78 is 27.9. The molecule has 0 aliphatic rings. The van der Waals surface area contributed by atoms with Gasteiger partial charge in [0.15, 0.2) is 0 Å². The van der Waals surface area contributed by atoms with Gasteiger partial charge in [0.25, 0.3) is 0 Å². The lowest BCUT2D eigenvalue weighted by molar-refractivity contribution is 0.582. The van der Waals surface area contributed by atoms with Crippen molar-refractivity contribution in [3.63, 3.8) is 0 Å². The number of pyridine rings is 1. The second-order valence-electron chi connectivity index (χ2n) is 3.61. The highest BCUT2D eigenvalue weighted by Gasteiger charge is 2.06. The fourth-order valence-electron chi connectivity index (χ4n) is 1.75. The van der Waals surface area contributed by atoms with E-state index in [4.69, 9.17) is 0 Å². The molecule has 0 unspecified atom stereocenters. The third-order valence-electron chi connectivity index (χ3n) is 2.48. The van der Waals surface area contributed by atoms with Gasteiger partial charge in [0.2, 0.25) is 0 Å². The summed E-state index contributed by atoms with van der Waals surface area (Å²) in [7, 11) is 0. The van der Waals surface area contributed by atoms with Gasteiger partial charge in [-0.2, -0.15) is 0 Å². The largest absolute Gasteiger partial charge is 0.299 e. The molecule has 0 spiro atoms. The van der Waals surface area contributed by atoms with E-state index in [1.54, 1.807) is 23.0 Å². The van der Waals surface area contributed by atoms with Crippen LogP contribution in [-0.2, 0) is 0 Å². The number of hydrogen-bond donors (Lipinski definition) is 0. The van der Waals surface area contributed by atoms with Gasteiger partial charge < -0.3 is 0 Å². The Bertz CT molecular complexity index is 671. The molecule has 5 heteroatoms. The lowest BCUT2D eigenvalue weighted by atomic mass is 10.3. The maximum Gasteiger partial charge on any atom is 0.128 e. The predicted molar refractivity (Wildman–Crippen MR) is 58.8 cm³/mol. The molecular weight excluding hydrogens is 224 g/mol. The Kier molecular flexibility index (Phi) is 2.11. The van der Waals surface area contributed by atoms with Crippen molar-refractivity contribution in [1.82, 2.24) is 14.5 Å². The number of imidazole rings is 1. The molecule has 3 rings (SSSR count). The smallest absolute Gasteiger partial charge is 0.128 e. The Hall–Kier alpha value is -2.30.